The molecule has 0 aromatic carbocycles. The topological polar surface area (TPSA) is 65.9 Å². The maximum absolute atomic E-state index is 9.93. The summed E-state index contributed by atoms with van der Waals surface area (Å²) in [5.41, 5.74) is 0. The summed E-state index contributed by atoms with van der Waals surface area (Å²) < 4.78 is 5.51. The molecule has 0 aliphatic heterocycles. The lowest BCUT2D eigenvalue weighted by Crippen LogP contribution is -2.38. The molecule has 2 aliphatic carbocycles. The smallest absolute Gasteiger partial charge is 0.191 e. The van der Waals surface area contributed by atoms with E-state index in [1.165, 1.54) is 51.4 Å². The van der Waals surface area contributed by atoms with E-state index in [9.17, 15) is 5.11 Å². The molecule has 0 saturated heterocycles. The van der Waals surface area contributed by atoms with E-state index in [0.717, 1.165) is 37.5 Å². The van der Waals surface area contributed by atoms with Gasteiger partial charge in [-0.15, -0.1) is 24.0 Å². The number of aliphatic hydroxyl groups excluding tert-OH is 1. The van der Waals surface area contributed by atoms with Gasteiger partial charge in [0.1, 0.15) is 0 Å². The maximum atomic E-state index is 9.93. The first-order valence-corrected chi connectivity index (χ1v) is 9.56. The highest BCUT2D eigenvalue weighted by Gasteiger charge is 2.21. The van der Waals surface area contributed by atoms with Crippen LogP contribution < -0.4 is 10.6 Å². The number of rotatable bonds is 11. The van der Waals surface area contributed by atoms with Crippen LogP contribution in [-0.4, -0.2) is 50.0 Å². The Kier molecular flexibility index (Phi) is 12.0. The molecule has 0 bridgehead atoms. The van der Waals surface area contributed by atoms with Gasteiger partial charge in [-0.2, -0.15) is 0 Å². The number of halogens is 1. The lowest BCUT2D eigenvalue weighted by atomic mass is 10.0. The first-order chi connectivity index (χ1) is 11.3. The van der Waals surface area contributed by atoms with E-state index in [4.69, 9.17) is 4.74 Å². The van der Waals surface area contributed by atoms with Crippen LogP contribution in [0, 0.1) is 11.8 Å². The molecular weight excluding hydrogens is 417 g/mol. The predicted molar refractivity (Wildman–Crippen MR) is 110 cm³/mol. The Bertz CT molecular complexity index is 345. The molecule has 142 valence electrons. The molecule has 2 aliphatic rings. The van der Waals surface area contributed by atoms with Gasteiger partial charge in [0.2, 0.25) is 0 Å². The molecule has 0 spiro atoms. The fourth-order valence-electron chi connectivity index (χ4n) is 3.14. The highest BCUT2D eigenvalue weighted by Crippen LogP contribution is 2.29. The Hall–Kier alpha value is -0.0800. The molecule has 2 saturated carbocycles. The molecule has 6 heteroatoms. The van der Waals surface area contributed by atoms with Crippen LogP contribution in [0.15, 0.2) is 4.99 Å². The van der Waals surface area contributed by atoms with E-state index in [-0.39, 0.29) is 24.0 Å². The van der Waals surface area contributed by atoms with Crippen molar-refractivity contribution in [2.75, 3.05) is 32.8 Å². The van der Waals surface area contributed by atoms with Crippen LogP contribution in [0.25, 0.3) is 0 Å². The zero-order chi connectivity index (χ0) is 16.3. The summed E-state index contributed by atoms with van der Waals surface area (Å²) in [7, 11) is 0. The van der Waals surface area contributed by atoms with Gasteiger partial charge in [-0.05, 0) is 44.4 Å². The number of aliphatic hydroxyl groups is 1. The zero-order valence-electron chi connectivity index (χ0n) is 15.1. The SMILES string of the molecule is CCNC(=NCC(O)COCC1CC1)NCCCC1CCCC1.I. The number of hydrogen-bond donors (Lipinski definition) is 3. The van der Waals surface area contributed by atoms with Gasteiger partial charge in [0.15, 0.2) is 5.96 Å². The minimum atomic E-state index is -0.511. The van der Waals surface area contributed by atoms with Crippen molar-refractivity contribution in [2.45, 2.75) is 64.4 Å². The minimum Gasteiger partial charge on any atom is -0.389 e. The lowest BCUT2D eigenvalue weighted by Gasteiger charge is -2.14. The quantitative estimate of drug-likeness (QED) is 0.195. The van der Waals surface area contributed by atoms with Crippen molar-refractivity contribution >= 4 is 29.9 Å². The molecule has 0 aromatic heterocycles. The van der Waals surface area contributed by atoms with Crippen LogP contribution in [0.2, 0.25) is 0 Å². The second-order valence-corrected chi connectivity index (χ2v) is 7.07. The van der Waals surface area contributed by atoms with Crippen LogP contribution in [0.5, 0.6) is 0 Å². The van der Waals surface area contributed by atoms with Crippen molar-refractivity contribution in [3.8, 4) is 0 Å². The molecule has 1 unspecified atom stereocenters. The Morgan fingerprint density at radius 1 is 1.17 bits per heavy atom. The average Bonchev–Trinajstić information content (AvgIpc) is 3.22. The monoisotopic (exact) mass is 453 g/mol. The Balaban J connectivity index is 0.00000288. The Morgan fingerprint density at radius 3 is 2.58 bits per heavy atom. The van der Waals surface area contributed by atoms with Crippen molar-refractivity contribution in [3.05, 3.63) is 0 Å². The second-order valence-electron chi connectivity index (χ2n) is 7.07. The van der Waals surface area contributed by atoms with Crippen LogP contribution in [0.1, 0.15) is 58.3 Å². The fourth-order valence-corrected chi connectivity index (χ4v) is 3.14. The number of nitrogens with zero attached hydrogens (tertiary/aromatic N) is 1. The maximum Gasteiger partial charge on any atom is 0.191 e. The third-order valence-corrected chi connectivity index (χ3v) is 4.72. The summed E-state index contributed by atoms with van der Waals surface area (Å²) in [5.74, 6) is 2.49. The first-order valence-electron chi connectivity index (χ1n) is 9.56. The largest absolute Gasteiger partial charge is 0.389 e. The summed E-state index contributed by atoms with van der Waals surface area (Å²) in [6.07, 6.45) is 10.2. The Morgan fingerprint density at radius 2 is 1.92 bits per heavy atom. The normalized spacial score (nSPS) is 19.8. The van der Waals surface area contributed by atoms with Gasteiger partial charge < -0.3 is 20.5 Å². The summed E-state index contributed by atoms with van der Waals surface area (Å²) in [6.45, 7) is 5.42. The summed E-state index contributed by atoms with van der Waals surface area (Å²) in [5, 5.41) is 16.5. The van der Waals surface area contributed by atoms with Crippen molar-refractivity contribution in [1.82, 2.24) is 10.6 Å². The molecule has 2 fully saturated rings. The number of guanidine groups is 1. The highest BCUT2D eigenvalue weighted by molar-refractivity contribution is 14.0. The fraction of sp³-hybridized carbons (Fsp3) is 0.944. The van der Waals surface area contributed by atoms with Gasteiger partial charge in [-0.25, -0.2) is 0 Å². The third-order valence-electron chi connectivity index (χ3n) is 4.72. The molecule has 1 atom stereocenters. The van der Waals surface area contributed by atoms with Gasteiger partial charge in [0.25, 0.3) is 0 Å². The zero-order valence-corrected chi connectivity index (χ0v) is 17.5. The Labute approximate surface area is 164 Å². The van der Waals surface area contributed by atoms with Crippen molar-refractivity contribution < 1.29 is 9.84 Å². The number of nitrogens with one attached hydrogen (secondary N) is 2. The lowest BCUT2D eigenvalue weighted by molar-refractivity contribution is 0.0368. The van der Waals surface area contributed by atoms with E-state index < -0.39 is 6.10 Å². The molecule has 5 nitrogen and oxygen atoms in total. The number of aliphatic imine (C=N–C) groups is 1. The molecule has 0 heterocycles. The van der Waals surface area contributed by atoms with Crippen LogP contribution in [-0.2, 0) is 4.74 Å². The van der Waals surface area contributed by atoms with E-state index in [1.54, 1.807) is 0 Å². The number of ether oxygens (including phenoxy) is 1. The summed E-state index contributed by atoms with van der Waals surface area (Å²) in [4.78, 5) is 4.46. The van der Waals surface area contributed by atoms with Gasteiger partial charge >= 0.3 is 0 Å². The van der Waals surface area contributed by atoms with Gasteiger partial charge in [0, 0.05) is 19.7 Å². The minimum absolute atomic E-state index is 0. The molecular formula is C18H36IN3O2. The second kappa shape index (κ2) is 13.2. The molecule has 0 aromatic rings. The number of hydrogen-bond acceptors (Lipinski definition) is 3. The summed E-state index contributed by atoms with van der Waals surface area (Å²) >= 11 is 0. The van der Waals surface area contributed by atoms with E-state index in [0.29, 0.717) is 13.2 Å². The van der Waals surface area contributed by atoms with E-state index in [1.807, 2.05) is 0 Å². The molecule has 24 heavy (non-hydrogen) atoms. The van der Waals surface area contributed by atoms with Crippen LogP contribution in [0.3, 0.4) is 0 Å². The van der Waals surface area contributed by atoms with E-state index >= 15 is 0 Å². The predicted octanol–water partition coefficient (Wildman–Crippen LogP) is 2.92. The standard InChI is InChI=1S/C18H35N3O2.HI/c1-2-19-18(20-11-5-8-15-6-3-4-7-15)21-12-17(22)14-23-13-16-9-10-16;/h15-17,22H,2-14H2,1H3,(H2,19,20,21);1H. The summed E-state index contributed by atoms with van der Waals surface area (Å²) in [6, 6.07) is 0. The molecule has 3 N–H and O–H groups in total. The van der Waals surface area contributed by atoms with Gasteiger partial charge in [-0.3, -0.25) is 4.99 Å². The first kappa shape index (κ1) is 22.0. The van der Waals surface area contributed by atoms with E-state index in [2.05, 4.69) is 22.5 Å². The van der Waals surface area contributed by atoms with Crippen molar-refractivity contribution in [3.63, 3.8) is 0 Å². The van der Waals surface area contributed by atoms with Crippen LogP contribution in [0.4, 0.5) is 0 Å². The van der Waals surface area contributed by atoms with Gasteiger partial charge in [-0.1, -0.05) is 25.7 Å². The molecule has 2 rings (SSSR count). The van der Waals surface area contributed by atoms with Gasteiger partial charge in [0.05, 0.1) is 19.3 Å². The van der Waals surface area contributed by atoms with Crippen molar-refractivity contribution in [2.24, 2.45) is 16.8 Å². The third kappa shape index (κ3) is 10.0. The van der Waals surface area contributed by atoms with Crippen molar-refractivity contribution in [1.29, 1.82) is 0 Å². The average molecular weight is 453 g/mol. The molecule has 0 amide bonds. The molecule has 0 radical (unpaired) electrons. The highest BCUT2D eigenvalue weighted by atomic mass is 127. The van der Waals surface area contributed by atoms with Crippen LogP contribution >= 0.6 is 24.0 Å².